The Morgan fingerprint density at radius 2 is 2.10 bits per heavy atom. The van der Waals surface area contributed by atoms with Gasteiger partial charge in [-0.1, -0.05) is 18.9 Å². The van der Waals surface area contributed by atoms with Gasteiger partial charge in [-0.25, -0.2) is 9.78 Å². The van der Waals surface area contributed by atoms with E-state index in [1.165, 1.54) is 18.4 Å². The normalized spacial score (nSPS) is 20.6. The summed E-state index contributed by atoms with van der Waals surface area (Å²) < 4.78 is 2.35. The molecule has 0 amide bonds. The summed E-state index contributed by atoms with van der Waals surface area (Å²) in [6, 6.07) is 7.06. The molecule has 1 heterocycles. The summed E-state index contributed by atoms with van der Waals surface area (Å²) in [7, 11) is 0. The molecule has 0 radical (unpaired) electrons. The maximum absolute atomic E-state index is 10.8. The molecule has 2 aliphatic rings. The van der Waals surface area contributed by atoms with Crippen molar-refractivity contribution in [3.8, 4) is 0 Å². The summed E-state index contributed by atoms with van der Waals surface area (Å²) in [4.78, 5) is 19.7. The van der Waals surface area contributed by atoms with Gasteiger partial charge in [-0.3, -0.25) is 0 Å². The van der Waals surface area contributed by atoms with Crippen molar-refractivity contribution in [3.05, 3.63) is 29.6 Å². The van der Waals surface area contributed by atoms with Gasteiger partial charge in [0.1, 0.15) is 5.82 Å². The Morgan fingerprint density at radius 1 is 1.33 bits per heavy atom. The number of imidazole rings is 1. The van der Waals surface area contributed by atoms with E-state index in [-0.39, 0.29) is 5.54 Å². The van der Waals surface area contributed by atoms with E-state index in [0.29, 0.717) is 6.04 Å². The molecule has 1 aromatic heterocycles. The molecule has 4 nitrogen and oxygen atoms in total. The number of rotatable bonds is 3. The SMILES string of the molecule is Cc1nc2cc(C3(N=C=O)CCCC3)ccc2n1C1CC1. The summed E-state index contributed by atoms with van der Waals surface area (Å²) in [6.07, 6.45) is 8.43. The van der Waals surface area contributed by atoms with Crippen molar-refractivity contribution in [2.45, 2.75) is 57.0 Å². The summed E-state index contributed by atoms with van der Waals surface area (Å²) in [5, 5.41) is 0. The smallest absolute Gasteiger partial charge is 0.235 e. The summed E-state index contributed by atoms with van der Waals surface area (Å²) in [5.74, 6) is 1.09. The molecule has 0 aliphatic heterocycles. The predicted molar refractivity (Wildman–Crippen MR) is 81.0 cm³/mol. The number of isocyanates is 1. The van der Waals surface area contributed by atoms with Crippen LogP contribution in [0.1, 0.15) is 56.0 Å². The minimum atomic E-state index is -0.354. The standard InChI is InChI=1S/C17H19N3O/c1-12-19-15-10-13(17(18-11-21)8-2-3-9-17)4-7-16(15)20(12)14-5-6-14/h4,7,10,14H,2-3,5-6,8-9H2,1H3. The Hall–Kier alpha value is -1.93. The Morgan fingerprint density at radius 3 is 2.76 bits per heavy atom. The second kappa shape index (κ2) is 4.54. The third-order valence-corrected chi connectivity index (χ3v) is 5.01. The van der Waals surface area contributed by atoms with Crippen molar-refractivity contribution in [3.63, 3.8) is 0 Å². The lowest BCUT2D eigenvalue weighted by Gasteiger charge is -2.22. The molecule has 2 saturated carbocycles. The largest absolute Gasteiger partial charge is 0.325 e. The molecule has 1 aromatic carbocycles. The van der Waals surface area contributed by atoms with Gasteiger partial charge in [0.2, 0.25) is 6.08 Å². The van der Waals surface area contributed by atoms with Crippen LogP contribution in [0.5, 0.6) is 0 Å². The zero-order valence-corrected chi connectivity index (χ0v) is 12.3. The van der Waals surface area contributed by atoms with E-state index in [1.807, 2.05) is 0 Å². The molecular formula is C17H19N3O. The lowest BCUT2D eigenvalue weighted by atomic mass is 9.89. The van der Waals surface area contributed by atoms with Crippen molar-refractivity contribution >= 4 is 17.1 Å². The second-order valence-corrected chi connectivity index (χ2v) is 6.41. The van der Waals surface area contributed by atoms with Gasteiger partial charge in [0, 0.05) is 6.04 Å². The van der Waals surface area contributed by atoms with Gasteiger partial charge in [0.15, 0.2) is 0 Å². The van der Waals surface area contributed by atoms with Crippen LogP contribution >= 0.6 is 0 Å². The topological polar surface area (TPSA) is 47.2 Å². The van der Waals surface area contributed by atoms with E-state index in [0.717, 1.165) is 42.6 Å². The van der Waals surface area contributed by atoms with Crippen molar-refractivity contribution in [2.75, 3.05) is 0 Å². The first-order chi connectivity index (χ1) is 10.2. The summed E-state index contributed by atoms with van der Waals surface area (Å²) >= 11 is 0. The van der Waals surface area contributed by atoms with E-state index in [9.17, 15) is 4.79 Å². The first-order valence-corrected chi connectivity index (χ1v) is 7.82. The maximum Gasteiger partial charge on any atom is 0.235 e. The number of benzene rings is 1. The fourth-order valence-corrected chi connectivity index (χ4v) is 3.81. The van der Waals surface area contributed by atoms with Crippen LogP contribution in [-0.4, -0.2) is 15.6 Å². The number of aryl methyl sites for hydroxylation is 1. The number of aliphatic imine (C=N–C) groups is 1. The number of hydrogen-bond acceptors (Lipinski definition) is 3. The highest BCUT2D eigenvalue weighted by Crippen LogP contribution is 2.44. The molecule has 0 atom stereocenters. The van der Waals surface area contributed by atoms with Gasteiger partial charge >= 0.3 is 0 Å². The zero-order valence-electron chi connectivity index (χ0n) is 12.3. The van der Waals surface area contributed by atoms with Gasteiger partial charge in [-0.2, -0.15) is 4.99 Å². The van der Waals surface area contributed by atoms with Crippen LogP contribution < -0.4 is 0 Å². The molecule has 0 spiro atoms. The Bertz CT molecular complexity index is 745. The van der Waals surface area contributed by atoms with Crippen LogP contribution in [0.25, 0.3) is 11.0 Å². The van der Waals surface area contributed by atoms with E-state index in [4.69, 9.17) is 4.98 Å². The molecule has 0 unspecified atom stereocenters. The van der Waals surface area contributed by atoms with Gasteiger partial charge in [0.05, 0.1) is 16.6 Å². The van der Waals surface area contributed by atoms with Gasteiger partial charge in [-0.15, -0.1) is 0 Å². The number of nitrogens with zero attached hydrogens (tertiary/aromatic N) is 3. The average molecular weight is 281 g/mol. The molecule has 2 aromatic rings. The van der Waals surface area contributed by atoms with Crippen molar-refractivity contribution in [2.24, 2.45) is 4.99 Å². The van der Waals surface area contributed by atoms with Gasteiger partial charge in [-0.05, 0) is 50.3 Å². The van der Waals surface area contributed by atoms with Gasteiger partial charge in [0.25, 0.3) is 0 Å². The van der Waals surface area contributed by atoms with Crippen LogP contribution in [0, 0.1) is 6.92 Å². The molecule has 4 heteroatoms. The van der Waals surface area contributed by atoms with Crippen LogP contribution in [0.2, 0.25) is 0 Å². The molecular weight excluding hydrogens is 262 g/mol. The van der Waals surface area contributed by atoms with E-state index in [1.54, 1.807) is 6.08 Å². The lowest BCUT2D eigenvalue weighted by Crippen LogP contribution is -2.18. The molecule has 4 rings (SSSR count). The predicted octanol–water partition coefficient (Wildman–Crippen LogP) is 3.78. The first kappa shape index (κ1) is 12.8. The van der Waals surface area contributed by atoms with Gasteiger partial charge < -0.3 is 4.57 Å². The lowest BCUT2D eigenvalue weighted by molar-refractivity contribution is 0.456. The molecule has 0 bridgehead atoms. The minimum Gasteiger partial charge on any atom is -0.325 e. The molecule has 2 fully saturated rings. The number of hydrogen-bond donors (Lipinski definition) is 0. The molecule has 108 valence electrons. The van der Waals surface area contributed by atoms with Crippen LogP contribution in [-0.2, 0) is 10.3 Å². The van der Waals surface area contributed by atoms with Crippen LogP contribution in [0.3, 0.4) is 0 Å². The highest BCUT2D eigenvalue weighted by molar-refractivity contribution is 5.77. The third kappa shape index (κ3) is 1.94. The third-order valence-electron chi connectivity index (χ3n) is 5.01. The minimum absolute atomic E-state index is 0.354. The van der Waals surface area contributed by atoms with Crippen molar-refractivity contribution < 1.29 is 4.79 Å². The molecule has 0 N–H and O–H groups in total. The molecule has 0 saturated heterocycles. The fourth-order valence-electron chi connectivity index (χ4n) is 3.81. The highest BCUT2D eigenvalue weighted by Gasteiger charge is 2.36. The second-order valence-electron chi connectivity index (χ2n) is 6.41. The highest BCUT2D eigenvalue weighted by atomic mass is 16.1. The Balaban J connectivity index is 1.85. The Kier molecular flexibility index (Phi) is 2.76. The maximum atomic E-state index is 10.8. The number of carbonyl (C=O) groups excluding carboxylic acids is 1. The number of fused-ring (bicyclic) bond motifs is 1. The van der Waals surface area contributed by atoms with E-state index < -0.39 is 0 Å². The summed E-state index contributed by atoms with van der Waals surface area (Å²) in [6.45, 7) is 2.08. The average Bonchev–Trinajstić information content (AvgIpc) is 3.09. The first-order valence-electron chi connectivity index (χ1n) is 7.82. The fraction of sp³-hybridized carbons (Fsp3) is 0.529. The Labute approximate surface area is 123 Å². The summed E-state index contributed by atoms with van der Waals surface area (Å²) in [5.41, 5.74) is 3.01. The van der Waals surface area contributed by atoms with E-state index >= 15 is 0 Å². The van der Waals surface area contributed by atoms with Crippen molar-refractivity contribution in [1.29, 1.82) is 0 Å². The monoisotopic (exact) mass is 281 g/mol. The van der Waals surface area contributed by atoms with Crippen LogP contribution in [0.15, 0.2) is 23.2 Å². The van der Waals surface area contributed by atoms with Crippen molar-refractivity contribution in [1.82, 2.24) is 9.55 Å². The van der Waals surface area contributed by atoms with E-state index in [2.05, 4.69) is 34.7 Å². The van der Waals surface area contributed by atoms with Crippen LogP contribution in [0.4, 0.5) is 0 Å². The zero-order chi connectivity index (χ0) is 14.4. The molecule has 21 heavy (non-hydrogen) atoms. The number of aromatic nitrogens is 2. The molecule has 2 aliphatic carbocycles. The quantitative estimate of drug-likeness (QED) is 0.635.